The number of likely N-dealkylation sites (tertiary alicyclic amines) is 1. The van der Waals surface area contributed by atoms with Gasteiger partial charge in [-0.05, 0) is 80.5 Å². The van der Waals surface area contributed by atoms with Gasteiger partial charge in [-0.25, -0.2) is 9.59 Å². The molecule has 8 heteroatoms. The van der Waals surface area contributed by atoms with Crippen LogP contribution in [0.2, 0.25) is 0 Å². The minimum Gasteiger partial charge on any atom is -0.497 e. The maximum absolute atomic E-state index is 13.9. The zero-order valence-electron chi connectivity index (χ0n) is 26.2. The van der Waals surface area contributed by atoms with E-state index in [1.54, 1.807) is 14.2 Å². The van der Waals surface area contributed by atoms with Gasteiger partial charge in [-0.1, -0.05) is 39.0 Å². The van der Waals surface area contributed by atoms with Crippen molar-refractivity contribution in [1.29, 1.82) is 0 Å². The molecule has 0 aliphatic carbocycles. The molecule has 0 bridgehead atoms. The van der Waals surface area contributed by atoms with Crippen molar-refractivity contribution in [3.63, 3.8) is 0 Å². The molecule has 2 saturated heterocycles. The van der Waals surface area contributed by atoms with Gasteiger partial charge in [0.2, 0.25) is 0 Å². The minimum atomic E-state index is -0.375. The first-order chi connectivity index (χ1) is 19.7. The molecule has 2 heterocycles. The van der Waals surface area contributed by atoms with Gasteiger partial charge >= 0.3 is 12.1 Å². The van der Waals surface area contributed by atoms with Crippen molar-refractivity contribution < 1.29 is 19.1 Å². The highest BCUT2D eigenvalue weighted by Gasteiger charge is 2.49. The number of ether oxygens (including phenoxy) is 2. The first-order valence-corrected chi connectivity index (χ1v) is 14.9. The van der Waals surface area contributed by atoms with E-state index in [-0.39, 0.29) is 17.6 Å². The summed E-state index contributed by atoms with van der Waals surface area (Å²) in [5, 5.41) is 3.10. The summed E-state index contributed by atoms with van der Waals surface area (Å²) < 4.78 is 10.9. The SMILES string of the molecule is CC.CC/C=C1\CN(Cc2cc(OC)cc(OC)c2)C(=O)N(CC)C12CCN(C(=O)Nc1cc(C)ccc1C)CC2. The molecule has 2 aromatic rings. The smallest absolute Gasteiger partial charge is 0.321 e. The third-order valence-corrected chi connectivity index (χ3v) is 8.04. The largest absolute Gasteiger partial charge is 0.497 e. The van der Waals surface area contributed by atoms with Gasteiger partial charge < -0.3 is 29.5 Å². The van der Waals surface area contributed by atoms with Crippen LogP contribution in [-0.2, 0) is 6.54 Å². The summed E-state index contributed by atoms with van der Waals surface area (Å²) in [7, 11) is 3.26. The van der Waals surface area contributed by atoms with E-state index in [4.69, 9.17) is 9.47 Å². The predicted molar refractivity (Wildman–Crippen MR) is 166 cm³/mol. The van der Waals surface area contributed by atoms with E-state index >= 15 is 0 Å². The first kappa shape index (κ1) is 31.8. The summed E-state index contributed by atoms with van der Waals surface area (Å²) >= 11 is 0. The summed E-state index contributed by atoms with van der Waals surface area (Å²) in [6, 6.07) is 11.8. The molecule has 224 valence electrons. The number of carbonyl (C=O) groups excluding carboxylic acids is 2. The molecular formula is C33H48N4O4. The van der Waals surface area contributed by atoms with Crippen LogP contribution >= 0.6 is 0 Å². The Balaban J connectivity index is 0.00000226. The molecule has 0 radical (unpaired) electrons. The van der Waals surface area contributed by atoms with Crippen molar-refractivity contribution in [2.24, 2.45) is 0 Å². The second-order valence-corrected chi connectivity index (χ2v) is 10.5. The standard InChI is InChI=1S/C31H42N4O4.C2H6/c1-7-9-25-21-34(20-24-17-26(38-5)19-27(18-24)39-6)30(37)35(8-2)31(25)12-14-33(15-13-31)29(36)32-28-16-22(3)10-11-23(28)4;1-2/h9-11,16-19H,7-8,12-15,20-21H2,1-6H3,(H,32,36);1-2H3/b25-9+;. The van der Waals surface area contributed by atoms with Crippen LogP contribution in [0.1, 0.15) is 63.6 Å². The van der Waals surface area contributed by atoms with Crippen LogP contribution in [0.4, 0.5) is 15.3 Å². The molecule has 0 atom stereocenters. The van der Waals surface area contributed by atoms with Gasteiger partial charge in [0.25, 0.3) is 0 Å². The van der Waals surface area contributed by atoms with E-state index in [0.29, 0.717) is 44.2 Å². The average molecular weight is 565 g/mol. The Labute approximate surface area is 246 Å². The molecule has 1 N–H and O–H groups in total. The minimum absolute atomic E-state index is 0.0285. The number of nitrogens with one attached hydrogen (secondary N) is 1. The lowest BCUT2D eigenvalue weighted by Crippen LogP contribution is -2.66. The van der Waals surface area contributed by atoms with Gasteiger partial charge in [0.15, 0.2) is 0 Å². The molecule has 8 nitrogen and oxygen atoms in total. The van der Waals surface area contributed by atoms with Gasteiger partial charge in [-0.2, -0.15) is 0 Å². The Kier molecular flexibility index (Phi) is 11.1. The molecule has 1 spiro atoms. The number of methoxy groups -OCH3 is 2. The Morgan fingerprint density at radius 1 is 1.00 bits per heavy atom. The van der Waals surface area contributed by atoms with Crippen molar-refractivity contribution in [2.75, 3.05) is 45.7 Å². The zero-order chi connectivity index (χ0) is 30.2. The quantitative estimate of drug-likeness (QED) is 0.367. The van der Waals surface area contributed by atoms with E-state index < -0.39 is 0 Å². The fourth-order valence-electron chi connectivity index (χ4n) is 5.92. The molecule has 41 heavy (non-hydrogen) atoms. The topological polar surface area (TPSA) is 74.4 Å². The van der Waals surface area contributed by atoms with Crippen LogP contribution in [0, 0.1) is 13.8 Å². The molecule has 2 aliphatic heterocycles. The number of amides is 4. The zero-order valence-corrected chi connectivity index (χ0v) is 26.2. The fraction of sp³-hybridized carbons (Fsp3) is 0.515. The lowest BCUT2D eigenvalue weighted by molar-refractivity contribution is 0.0418. The highest BCUT2D eigenvalue weighted by atomic mass is 16.5. The number of urea groups is 2. The maximum Gasteiger partial charge on any atom is 0.321 e. The number of anilines is 1. The molecule has 4 amide bonds. The van der Waals surface area contributed by atoms with Crippen molar-refractivity contribution >= 4 is 17.7 Å². The number of hydrogen-bond acceptors (Lipinski definition) is 4. The lowest BCUT2D eigenvalue weighted by atomic mass is 9.76. The third kappa shape index (κ3) is 6.97. The normalized spacial score (nSPS) is 17.3. The number of rotatable bonds is 7. The molecule has 2 aliphatic rings. The Hall–Kier alpha value is -3.68. The van der Waals surface area contributed by atoms with Crippen molar-refractivity contribution in [3.8, 4) is 11.5 Å². The summed E-state index contributed by atoms with van der Waals surface area (Å²) in [6.07, 6.45) is 4.61. The number of benzene rings is 2. The first-order valence-electron chi connectivity index (χ1n) is 14.9. The van der Waals surface area contributed by atoms with Crippen LogP contribution in [0.15, 0.2) is 48.0 Å². The number of likely N-dealkylation sites (N-methyl/N-ethyl adjacent to an activating group) is 1. The van der Waals surface area contributed by atoms with Crippen LogP contribution in [0.25, 0.3) is 0 Å². The van der Waals surface area contributed by atoms with E-state index in [2.05, 4.69) is 18.3 Å². The van der Waals surface area contributed by atoms with Gasteiger partial charge in [0.1, 0.15) is 11.5 Å². The summed E-state index contributed by atoms with van der Waals surface area (Å²) in [5.74, 6) is 1.40. The monoisotopic (exact) mass is 564 g/mol. The second-order valence-electron chi connectivity index (χ2n) is 10.5. The molecule has 2 aromatic carbocycles. The van der Waals surface area contributed by atoms with Gasteiger partial charge in [-0.15, -0.1) is 0 Å². The highest BCUT2D eigenvalue weighted by Crippen LogP contribution is 2.41. The molecule has 4 rings (SSSR count). The fourth-order valence-corrected chi connectivity index (χ4v) is 5.92. The van der Waals surface area contributed by atoms with Crippen LogP contribution in [0.5, 0.6) is 11.5 Å². The van der Waals surface area contributed by atoms with Gasteiger partial charge in [0, 0.05) is 44.5 Å². The molecular weight excluding hydrogens is 516 g/mol. The second kappa shape index (κ2) is 14.3. The third-order valence-electron chi connectivity index (χ3n) is 8.04. The number of allylic oxidation sites excluding steroid dienone is 1. The Morgan fingerprint density at radius 2 is 1.63 bits per heavy atom. The molecule has 0 aromatic heterocycles. The number of aryl methyl sites for hydroxylation is 2. The Bertz CT molecular complexity index is 1210. The van der Waals surface area contributed by atoms with Gasteiger partial charge in [-0.3, -0.25) is 0 Å². The van der Waals surface area contributed by atoms with E-state index in [1.807, 2.05) is 85.7 Å². The number of piperidine rings is 1. The molecule has 0 unspecified atom stereocenters. The van der Waals surface area contributed by atoms with Crippen molar-refractivity contribution in [3.05, 3.63) is 64.7 Å². The van der Waals surface area contributed by atoms with Crippen LogP contribution < -0.4 is 14.8 Å². The molecule has 2 fully saturated rings. The predicted octanol–water partition coefficient (Wildman–Crippen LogP) is 7.01. The highest BCUT2D eigenvalue weighted by molar-refractivity contribution is 5.90. The van der Waals surface area contributed by atoms with E-state index in [1.165, 1.54) is 5.57 Å². The summed E-state index contributed by atoms with van der Waals surface area (Å²) in [6.45, 7) is 15.0. The maximum atomic E-state index is 13.9. The van der Waals surface area contributed by atoms with Crippen molar-refractivity contribution in [2.45, 2.75) is 72.9 Å². The number of hydrogen-bond donors (Lipinski definition) is 1. The van der Waals surface area contributed by atoms with E-state index in [0.717, 1.165) is 41.6 Å². The lowest BCUT2D eigenvalue weighted by Gasteiger charge is -2.55. The Morgan fingerprint density at radius 3 is 2.20 bits per heavy atom. The summed E-state index contributed by atoms with van der Waals surface area (Å²) in [4.78, 5) is 32.9. The number of nitrogens with zero attached hydrogens (tertiary/aromatic N) is 3. The van der Waals surface area contributed by atoms with E-state index in [9.17, 15) is 9.59 Å². The summed E-state index contributed by atoms with van der Waals surface area (Å²) in [5.41, 5.74) is 4.84. The number of carbonyl (C=O) groups is 2. The van der Waals surface area contributed by atoms with Crippen molar-refractivity contribution in [1.82, 2.24) is 14.7 Å². The van der Waals surface area contributed by atoms with Gasteiger partial charge in [0.05, 0.1) is 19.8 Å². The van der Waals surface area contributed by atoms with Crippen LogP contribution in [-0.4, -0.2) is 72.7 Å². The van der Waals surface area contributed by atoms with Crippen LogP contribution in [0.3, 0.4) is 0 Å². The average Bonchev–Trinajstić information content (AvgIpc) is 2.99. The molecule has 0 saturated carbocycles.